The minimum atomic E-state index is -4.41. The Kier molecular flexibility index (Phi) is 5.66. The van der Waals surface area contributed by atoms with E-state index in [1.165, 1.54) is 13.0 Å². The number of halogens is 3. The molecule has 1 N–H and O–H groups in total. The summed E-state index contributed by atoms with van der Waals surface area (Å²) in [5.74, 6) is 0.533. The summed E-state index contributed by atoms with van der Waals surface area (Å²) in [6, 6.07) is 9.55. The summed E-state index contributed by atoms with van der Waals surface area (Å²) in [5, 5.41) is 13.1. The number of alkyl halides is 3. The van der Waals surface area contributed by atoms with E-state index in [1.807, 2.05) is 23.1 Å². The van der Waals surface area contributed by atoms with Crippen LogP contribution in [-0.2, 0) is 11.0 Å². The minimum Gasteiger partial charge on any atom is -0.362 e. The monoisotopic (exact) mass is 443 g/mol. The van der Waals surface area contributed by atoms with E-state index >= 15 is 0 Å². The Balaban J connectivity index is 1.66. The third-order valence-corrected chi connectivity index (χ3v) is 5.97. The zero-order valence-electron chi connectivity index (χ0n) is 18.1. The SMILES string of the molecule is Cc1c(C(C)Nc2nncc3ccc(N4CCN(C)C(=O)C4)cc23)cccc1C(F)(F)F. The van der Waals surface area contributed by atoms with Crippen LogP contribution in [0.15, 0.2) is 42.6 Å². The van der Waals surface area contributed by atoms with Gasteiger partial charge in [-0.15, -0.1) is 5.10 Å². The van der Waals surface area contributed by atoms with Crippen molar-refractivity contribution in [3.05, 3.63) is 59.3 Å². The highest BCUT2D eigenvalue weighted by atomic mass is 19.4. The van der Waals surface area contributed by atoms with Crippen LogP contribution in [0.3, 0.4) is 0 Å². The van der Waals surface area contributed by atoms with Crippen molar-refractivity contribution < 1.29 is 18.0 Å². The van der Waals surface area contributed by atoms with E-state index in [0.29, 0.717) is 24.5 Å². The molecule has 1 amide bonds. The number of nitrogens with zero attached hydrogens (tertiary/aromatic N) is 4. The molecule has 4 rings (SSSR count). The Morgan fingerprint density at radius 2 is 1.94 bits per heavy atom. The predicted octanol–water partition coefficient (Wildman–Crippen LogP) is 4.41. The van der Waals surface area contributed by atoms with E-state index < -0.39 is 17.8 Å². The first-order valence-corrected chi connectivity index (χ1v) is 10.3. The smallest absolute Gasteiger partial charge is 0.362 e. The van der Waals surface area contributed by atoms with Gasteiger partial charge >= 0.3 is 6.18 Å². The van der Waals surface area contributed by atoms with Crippen LogP contribution in [0.5, 0.6) is 0 Å². The molecule has 1 saturated heterocycles. The lowest BCUT2D eigenvalue weighted by atomic mass is 9.97. The molecule has 0 saturated carbocycles. The van der Waals surface area contributed by atoms with Crippen LogP contribution in [0.2, 0.25) is 0 Å². The Hall–Kier alpha value is -3.36. The van der Waals surface area contributed by atoms with Crippen molar-refractivity contribution in [2.24, 2.45) is 0 Å². The topological polar surface area (TPSA) is 61.4 Å². The number of carbonyl (C=O) groups is 1. The molecule has 6 nitrogen and oxygen atoms in total. The number of likely N-dealkylation sites (N-methyl/N-ethyl adjacent to an activating group) is 1. The molecule has 0 bridgehead atoms. The van der Waals surface area contributed by atoms with Gasteiger partial charge in [0, 0.05) is 36.6 Å². The summed E-state index contributed by atoms with van der Waals surface area (Å²) in [6.07, 6.45) is -2.77. The normalized spacial score (nSPS) is 15.9. The maximum absolute atomic E-state index is 13.3. The Labute approximate surface area is 184 Å². The van der Waals surface area contributed by atoms with Crippen molar-refractivity contribution in [1.82, 2.24) is 15.1 Å². The van der Waals surface area contributed by atoms with Crippen molar-refractivity contribution in [1.29, 1.82) is 0 Å². The van der Waals surface area contributed by atoms with E-state index in [2.05, 4.69) is 15.5 Å². The third kappa shape index (κ3) is 4.19. The Morgan fingerprint density at radius 1 is 1.16 bits per heavy atom. The van der Waals surface area contributed by atoms with E-state index in [0.717, 1.165) is 29.1 Å². The van der Waals surface area contributed by atoms with Gasteiger partial charge in [-0.3, -0.25) is 4.79 Å². The largest absolute Gasteiger partial charge is 0.416 e. The van der Waals surface area contributed by atoms with Gasteiger partial charge in [-0.1, -0.05) is 18.2 Å². The van der Waals surface area contributed by atoms with Crippen molar-refractivity contribution >= 4 is 28.2 Å². The fourth-order valence-corrected chi connectivity index (χ4v) is 4.06. The standard InChI is InChI=1S/C23H24F3N5O/c1-14-18(5-4-6-20(14)23(24,25)26)15(2)28-22-19-11-17(8-7-16(19)12-27-29-22)31-10-9-30(3)21(32)13-31/h4-8,11-12,15H,9-10,13H2,1-3H3,(H,28,29). The lowest BCUT2D eigenvalue weighted by molar-refractivity contribution is -0.138. The predicted molar refractivity (Wildman–Crippen MR) is 118 cm³/mol. The molecule has 3 aromatic rings. The van der Waals surface area contributed by atoms with Crippen molar-refractivity contribution in [2.75, 3.05) is 36.9 Å². The lowest BCUT2D eigenvalue weighted by Crippen LogP contribution is -2.48. The maximum Gasteiger partial charge on any atom is 0.416 e. The van der Waals surface area contributed by atoms with Crippen LogP contribution < -0.4 is 10.2 Å². The van der Waals surface area contributed by atoms with Crippen molar-refractivity contribution in [2.45, 2.75) is 26.1 Å². The van der Waals surface area contributed by atoms with Gasteiger partial charge in [-0.05, 0) is 43.2 Å². The zero-order chi connectivity index (χ0) is 23.0. The molecule has 0 radical (unpaired) electrons. The van der Waals surface area contributed by atoms with Gasteiger partial charge < -0.3 is 15.1 Å². The van der Waals surface area contributed by atoms with Crippen LogP contribution in [0.1, 0.15) is 29.7 Å². The van der Waals surface area contributed by atoms with Crippen LogP contribution >= 0.6 is 0 Å². The van der Waals surface area contributed by atoms with Crippen LogP contribution in [0, 0.1) is 6.92 Å². The summed E-state index contributed by atoms with van der Waals surface area (Å²) < 4.78 is 40.0. The zero-order valence-corrected chi connectivity index (χ0v) is 18.1. The number of hydrogen-bond acceptors (Lipinski definition) is 5. The summed E-state index contributed by atoms with van der Waals surface area (Å²) in [6.45, 7) is 4.93. The molecular weight excluding hydrogens is 419 g/mol. The van der Waals surface area contributed by atoms with Gasteiger partial charge in [0.2, 0.25) is 5.91 Å². The molecule has 1 fully saturated rings. The molecule has 2 aromatic carbocycles. The van der Waals surface area contributed by atoms with Gasteiger partial charge in [0.05, 0.1) is 24.3 Å². The van der Waals surface area contributed by atoms with E-state index in [9.17, 15) is 18.0 Å². The van der Waals surface area contributed by atoms with Crippen LogP contribution in [0.4, 0.5) is 24.7 Å². The summed E-state index contributed by atoms with van der Waals surface area (Å²) in [4.78, 5) is 15.8. The molecule has 32 heavy (non-hydrogen) atoms. The molecule has 0 aliphatic carbocycles. The molecule has 1 unspecified atom stereocenters. The third-order valence-electron chi connectivity index (χ3n) is 5.97. The molecule has 0 spiro atoms. The average molecular weight is 443 g/mol. The fourth-order valence-electron chi connectivity index (χ4n) is 4.06. The number of piperazine rings is 1. The number of benzene rings is 2. The molecule has 168 valence electrons. The van der Waals surface area contributed by atoms with Gasteiger partial charge in [-0.25, -0.2) is 0 Å². The molecular formula is C23H24F3N5O. The highest BCUT2D eigenvalue weighted by Gasteiger charge is 2.33. The molecule has 1 atom stereocenters. The highest BCUT2D eigenvalue weighted by molar-refractivity contribution is 5.94. The summed E-state index contributed by atoms with van der Waals surface area (Å²) in [7, 11) is 1.79. The minimum absolute atomic E-state index is 0.0520. The second-order valence-electron chi connectivity index (χ2n) is 8.09. The van der Waals surface area contributed by atoms with Gasteiger partial charge in [0.15, 0.2) is 5.82 Å². The van der Waals surface area contributed by atoms with Crippen molar-refractivity contribution in [3.63, 3.8) is 0 Å². The first kappa shape index (κ1) is 21.9. The Bertz CT molecular complexity index is 1160. The van der Waals surface area contributed by atoms with Gasteiger partial charge in [0.25, 0.3) is 0 Å². The second kappa shape index (κ2) is 8.29. The number of amides is 1. The summed E-state index contributed by atoms with van der Waals surface area (Å²) in [5.41, 5.74) is 0.969. The second-order valence-corrected chi connectivity index (χ2v) is 8.09. The lowest BCUT2D eigenvalue weighted by Gasteiger charge is -2.33. The number of rotatable bonds is 4. The van der Waals surface area contributed by atoms with E-state index in [4.69, 9.17) is 0 Å². The van der Waals surface area contributed by atoms with E-state index in [1.54, 1.807) is 31.1 Å². The van der Waals surface area contributed by atoms with E-state index in [-0.39, 0.29) is 11.5 Å². The number of anilines is 2. The number of fused-ring (bicyclic) bond motifs is 1. The Morgan fingerprint density at radius 3 is 2.66 bits per heavy atom. The van der Waals surface area contributed by atoms with Crippen LogP contribution in [0.25, 0.3) is 10.8 Å². The van der Waals surface area contributed by atoms with Gasteiger partial charge in [-0.2, -0.15) is 18.3 Å². The first-order valence-electron chi connectivity index (χ1n) is 10.3. The maximum atomic E-state index is 13.3. The molecule has 1 aliphatic heterocycles. The molecule has 1 aromatic heterocycles. The number of nitrogens with one attached hydrogen (secondary N) is 1. The molecule has 2 heterocycles. The molecule has 9 heteroatoms. The number of carbonyl (C=O) groups excluding carboxylic acids is 1. The summed E-state index contributed by atoms with van der Waals surface area (Å²) >= 11 is 0. The number of hydrogen-bond donors (Lipinski definition) is 1. The first-order chi connectivity index (χ1) is 15.1. The number of aromatic nitrogens is 2. The highest BCUT2D eigenvalue weighted by Crippen LogP contribution is 2.35. The van der Waals surface area contributed by atoms with Crippen LogP contribution in [-0.4, -0.2) is 47.7 Å². The quantitative estimate of drug-likeness (QED) is 0.647. The van der Waals surface area contributed by atoms with Crippen molar-refractivity contribution in [3.8, 4) is 0 Å². The van der Waals surface area contributed by atoms with Gasteiger partial charge in [0.1, 0.15) is 0 Å². The average Bonchev–Trinajstić information content (AvgIpc) is 2.75. The molecule has 1 aliphatic rings. The fraction of sp³-hybridized carbons (Fsp3) is 0.348.